The summed E-state index contributed by atoms with van der Waals surface area (Å²) < 4.78 is 37.7. The average molecular weight is 292 g/mol. The second-order valence-corrected chi connectivity index (χ2v) is 5.61. The average Bonchev–Trinajstić information content (AvgIpc) is 2.33. The summed E-state index contributed by atoms with van der Waals surface area (Å²) in [6.45, 7) is 1.92. The molecule has 0 bridgehead atoms. The molecule has 1 aliphatic carbocycles. The Kier molecular flexibility index (Phi) is 4.29. The zero-order valence-corrected chi connectivity index (χ0v) is 11.5. The summed E-state index contributed by atoms with van der Waals surface area (Å²) in [4.78, 5) is 0. The Morgan fingerprint density at radius 1 is 1.16 bits per heavy atom. The molecule has 1 N–H and O–H groups in total. The maximum atomic E-state index is 12.6. The Labute approximate surface area is 116 Å². The van der Waals surface area contributed by atoms with Gasteiger partial charge in [-0.25, -0.2) is 0 Å². The molecule has 0 aromatic heterocycles. The van der Waals surface area contributed by atoms with Gasteiger partial charge >= 0.3 is 6.18 Å². The largest absolute Gasteiger partial charge is 0.391 e. The van der Waals surface area contributed by atoms with Crippen LogP contribution in [0, 0.1) is 12.8 Å². The van der Waals surface area contributed by atoms with Gasteiger partial charge in [0.2, 0.25) is 0 Å². The van der Waals surface area contributed by atoms with Crippen molar-refractivity contribution < 1.29 is 13.2 Å². The van der Waals surface area contributed by atoms with Gasteiger partial charge in [-0.15, -0.1) is 0 Å². The van der Waals surface area contributed by atoms with Crippen molar-refractivity contribution in [2.75, 3.05) is 5.32 Å². The summed E-state index contributed by atoms with van der Waals surface area (Å²) >= 11 is 6.03. The van der Waals surface area contributed by atoms with E-state index in [0.717, 1.165) is 11.3 Å². The van der Waals surface area contributed by atoms with E-state index < -0.39 is 12.1 Å². The first-order valence-corrected chi connectivity index (χ1v) is 6.83. The number of anilines is 1. The molecule has 0 saturated heterocycles. The highest BCUT2D eigenvalue weighted by atomic mass is 35.5. The maximum Gasteiger partial charge on any atom is 0.391 e. The van der Waals surface area contributed by atoms with Crippen LogP contribution in [0.15, 0.2) is 18.2 Å². The summed E-state index contributed by atoms with van der Waals surface area (Å²) in [5.41, 5.74) is 1.87. The van der Waals surface area contributed by atoms with Crippen LogP contribution in [0.5, 0.6) is 0 Å². The Morgan fingerprint density at radius 3 is 2.32 bits per heavy atom. The lowest BCUT2D eigenvalue weighted by Crippen LogP contribution is -2.32. The van der Waals surface area contributed by atoms with E-state index in [4.69, 9.17) is 11.6 Å². The predicted octanol–water partition coefficient (Wildman–Crippen LogP) is 5.18. The van der Waals surface area contributed by atoms with E-state index in [1.165, 1.54) is 0 Å². The fourth-order valence-electron chi connectivity index (χ4n) is 2.48. The van der Waals surface area contributed by atoms with Gasteiger partial charge in [0, 0.05) is 16.8 Å². The lowest BCUT2D eigenvalue weighted by atomic mass is 9.85. The van der Waals surface area contributed by atoms with Crippen LogP contribution in [-0.2, 0) is 0 Å². The molecule has 0 unspecified atom stereocenters. The Morgan fingerprint density at radius 2 is 1.79 bits per heavy atom. The van der Waals surface area contributed by atoms with Gasteiger partial charge in [-0.05, 0) is 50.3 Å². The highest BCUT2D eigenvalue weighted by Gasteiger charge is 2.41. The van der Waals surface area contributed by atoms with Crippen molar-refractivity contribution >= 4 is 17.3 Å². The molecule has 0 amide bonds. The Balaban J connectivity index is 1.90. The number of hydrogen-bond donors (Lipinski definition) is 1. The third-order valence-electron chi connectivity index (χ3n) is 3.73. The standard InChI is InChI=1S/C14H17ClF3N/c1-9-2-5-12(8-13(9)15)19-11-6-3-10(4-7-11)14(16,17)18/h2,5,8,10-11,19H,3-4,6-7H2,1H3. The minimum Gasteiger partial charge on any atom is -0.382 e. The molecule has 1 fully saturated rings. The van der Waals surface area contributed by atoms with Crippen LogP contribution in [0.2, 0.25) is 5.02 Å². The number of halogens is 4. The molecule has 0 aliphatic heterocycles. The van der Waals surface area contributed by atoms with Gasteiger partial charge in [-0.3, -0.25) is 0 Å². The fraction of sp³-hybridized carbons (Fsp3) is 0.571. The van der Waals surface area contributed by atoms with Crippen molar-refractivity contribution in [1.82, 2.24) is 0 Å². The van der Waals surface area contributed by atoms with Gasteiger partial charge < -0.3 is 5.32 Å². The lowest BCUT2D eigenvalue weighted by Gasteiger charge is -2.31. The smallest absolute Gasteiger partial charge is 0.382 e. The van der Waals surface area contributed by atoms with Crippen molar-refractivity contribution in [3.05, 3.63) is 28.8 Å². The van der Waals surface area contributed by atoms with Crippen LogP contribution in [-0.4, -0.2) is 12.2 Å². The van der Waals surface area contributed by atoms with E-state index in [2.05, 4.69) is 5.32 Å². The van der Waals surface area contributed by atoms with Gasteiger partial charge in [-0.1, -0.05) is 17.7 Å². The van der Waals surface area contributed by atoms with Crippen LogP contribution in [0.3, 0.4) is 0 Å². The maximum absolute atomic E-state index is 12.6. The molecule has 0 atom stereocenters. The second-order valence-electron chi connectivity index (χ2n) is 5.20. The molecule has 5 heteroatoms. The third-order valence-corrected chi connectivity index (χ3v) is 4.14. The lowest BCUT2D eigenvalue weighted by molar-refractivity contribution is -0.182. The van der Waals surface area contributed by atoms with E-state index in [1.807, 2.05) is 25.1 Å². The molecule has 1 aliphatic rings. The van der Waals surface area contributed by atoms with Crippen LogP contribution in [0.25, 0.3) is 0 Å². The first-order chi connectivity index (χ1) is 8.86. The van der Waals surface area contributed by atoms with Gasteiger partial charge in [0.15, 0.2) is 0 Å². The van der Waals surface area contributed by atoms with E-state index in [1.54, 1.807) is 0 Å². The van der Waals surface area contributed by atoms with E-state index in [-0.39, 0.29) is 18.9 Å². The van der Waals surface area contributed by atoms with Gasteiger partial charge in [-0.2, -0.15) is 13.2 Å². The number of aryl methyl sites for hydroxylation is 1. The molecule has 1 aromatic carbocycles. The van der Waals surface area contributed by atoms with E-state index in [0.29, 0.717) is 17.9 Å². The minimum atomic E-state index is -4.04. The molecule has 0 radical (unpaired) electrons. The van der Waals surface area contributed by atoms with Crippen molar-refractivity contribution in [1.29, 1.82) is 0 Å². The van der Waals surface area contributed by atoms with Crippen molar-refractivity contribution in [2.24, 2.45) is 5.92 Å². The summed E-state index contributed by atoms with van der Waals surface area (Å²) in [7, 11) is 0. The van der Waals surface area contributed by atoms with Crippen LogP contribution in [0.1, 0.15) is 31.2 Å². The molecule has 1 aromatic rings. The Bertz CT molecular complexity index is 437. The SMILES string of the molecule is Cc1ccc(NC2CCC(C(F)(F)F)CC2)cc1Cl. The first kappa shape index (κ1) is 14.5. The molecule has 1 saturated carbocycles. The van der Waals surface area contributed by atoms with Crippen LogP contribution in [0.4, 0.5) is 18.9 Å². The molecular weight excluding hydrogens is 275 g/mol. The van der Waals surface area contributed by atoms with E-state index in [9.17, 15) is 13.2 Å². The first-order valence-electron chi connectivity index (χ1n) is 6.45. The van der Waals surface area contributed by atoms with Crippen molar-refractivity contribution in [2.45, 2.75) is 44.8 Å². The number of nitrogens with one attached hydrogen (secondary N) is 1. The van der Waals surface area contributed by atoms with Crippen LogP contribution < -0.4 is 5.32 Å². The molecule has 19 heavy (non-hydrogen) atoms. The molecule has 0 heterocycles. The number of alkyl halides is 3. The van der Waals surface area contributed by atoms with Gasteiger partial charge in [0.25, 0.3) is 0 Å². The third kappa shape index (κ3) is 3.78. The van der Waals surface area contributed by atoms with E-state index >= 15 is 0 Å². The zero-order chi connectivity index (χ0) is 14.0. The summed E-state index contributed by atoms with van der Waals surface area (Å²) in [6.07, 6.45) is -2.52. The van der Waals surface area contributed by atoms with Crippen molar-refractivity contribution in [3.63, 3.8) is 0 Å². The highest BCUT2D eigenvalue weighted by Crippen LogP contribution is 2.38. The predicted molar refractivity (Wildman–Crippen MR) is 71.6 cm³/mol. The molecule has 1 nitrogen and oxygen atoms in total. The summed E-state index contributed by atoms with van der Waals surface area (Å²) in [5.74, 6) is -1.13. The molecule has 106 valence electrons. The summed E-state index contributed by atoms with van der Waals surface area (Å²) in [6, 6.07) is 5.76. The monoisotopic (exact) mass is 291 g/mol. The molecular formula is C14H17ClF3N. The number of rotatable bonds is 2. The topological polar surface area (TPSA) is 12.0 Å². The minimum absolute atomic E-state index is 0.109. The van der Waals surface area contributed by atoms with Gasteiger partial charge in [0.1, 0.15) is 0 Å². The van der Waals surface area contributed by atoms with Gasteiger partial charge in [0.05, 0.1) is 5.92 Å². The van der Waals surface area contributed by atoms with Crippen LogP contribution >= 0.6 is 11.6 Å². The number of benzene rings is 1. The van der Waals surface area contributed by atoms with Crippen molar-refractivity contribution in [3.8, 4) is 0 Å². The second kappa shape index (κ2) is 5.61. The fourth-order valence-corrected chi connectivity index (χ4v) is 2.66. The summed E-state index contributed by atoms with van der Waals surface area (Å²) in [5, 5.41) is 3.94. The zero-order valence-electron chi connectivity index (χ0n) is 10.7. The quantitative estimate of drug-likeness (QED) is 0.791. The highest BCUT2D eigenvalue weighted by molar-refractivity contribution is 6.31. The Hall–Kier alpha value is -0.900. The normalized spacial score (nSPS) is 24.3. The number of hydrogen-bond acceptors (Lipinski definition) is 1. The molecule has 0 spiro atoms. The molecule has 2 rings (SSSR count).